The van der Waals surface area contributed by atoms with Gasteiger partial charge in [-0.25, -0.2) is 8.42 Å². The van der Waals surface area contributed by atoms with Gasteiger partial charge in [-0.2, -0.15) is 4.72 Å². The van der Waals surface area contributed by atoms with Crippen LogP contribution in [0.2, 0.25) is 0 Å². The molecule has 0 aliphatic heterocycles. The first-order chi connectivity index (χ1) is 13.2. The van der Waals surface area contributed by atoms with E-state index in [9.17, 15) is 23.1 Å². The standard InChI is InChI=1S/C19H23N3O5S/c1-13(19(25)20-11-10-15-4-3-5-17(24)12-15)22-28(26,27)18-8-6-16(7-9-18)21-14(2)23/h3-9,12-13,22,24H,10-11H2,1-2H3,(H,20,25)(H,21,23)/t13-/m0/s1. The van der Waals surface area contributed by atoms with Crippen molar-refractivity contribution in [2.75, 3.05) is 11.9 Å². The lowest BCUT2D eigenvalue weighted by Gasteiger charge is -2.15. The Morgan fingerprint density at radius 3 is 2.39 bits per heavy atom. The number of sulfonamides is 1. The zero-order valence-corrected chi connectivity index (χ0v) is 16.4. The highest BCUT2D eigenvalue weighted by Crippen LogP contribution is 2.14. The summed E-state index contributed by atoms with van der Waals surface area (Å²) in [4.78, 5) is 23.1. The van der Waals surface area contributed by atoms with Crippen molar-refractivity contribution < 1.29 is 23.1 Å². The quantitative estimate of drug-likeness (QED) is 0.528. The van der Waals surface area contributed by atoms with Crippen molar-refractivity contribution >= 4 is 27.5 Å². The van der Waals surface area contributed by atoms with Gasteiger partial charge in [-0.15, -0.1) is 0 Å². The van der Waals surface area contributed by atoms with Gasteiger partial charge in [0.05, 0.1) is 10.9 Å². The van der Waals surface area contributed by atoms with Crippen LogP contribution in [0.15, 0.2) is 53.4 Å². The van der Waals surface area contributed by atoms with Crippen molar-refractivity contribution in [1.29, 1.82) is 0 Å². The first-order valence-electron chi connectivity index (χ1n) is 8.63. The molecule has 0 saturated heterocycles. The predicted molar refractivity (Wildman–Crippen MR) is 105 cm³/mol. The summed E-state index contributed by atoms with van der Waals surface area (Å²) in [6, 6.07) is 11.4. The maximum atomic E-state index is 12.4. The minimum absolute atomic E-state index is 0.0130. The summed E-state index contributed by atoms with van der Waals surface area (Å²) >= 11 is 0. The molecule has 28 heavy (non-hydrogen) atoms. The van der Waals surface area contributed by atoms with E-state index < -0.39 is 22.0 Å². The Kier molecular flexibility index (Phi) is 7.13. The summed E-state index contributed by atoms with van der Waals surface area (Å²) in [5.41, 5.74) is 1.33. The average molecular weight is 405 g/mol. The number of carbonyl (C=O) groups excluding carboxylic acids is 2. The number of anilines is 1. The minimum Gasteiger partial charge on any atom is -0.508 e. The molecule has 0 saturated carbocycles. The molecule has 0 bridgehead atoms. The van der Waals surface area contributed by atoms with Gasteiger partial charge in [0.25, 0.3) is 0 Å². The van der Waals surface area contributed by atoms with E-state index in [2.05, 4.69) is 15.4 Å². The minimum atomic E-state index is -3.89. The van der Waals surface area contributed by atoms with E-state index in [1.807, 2.05) is 6.07 Å². The van der Waals surface area contributed by atoms with Crippen molar-refractivity contribution in [1.82, 2.24) is 10.0 Å². The number of amides is 2. The molecule has 4 N–H and O–H groups in total. The number of rotatable bonds is 8. The summed E-state index contributed by atoms with van der Waals surface area (Å²) in [6.07, 6.45) is 0.504. The summed E-state index contributed by atoms with van der Waals surface area (Å²) in [6.45, 7) is 3.11. The number of nitrogens with one attached hydrogen (secondary N) is 3. The largest absolute Gasteiger partial charge is 0.508 e. The van der Waals surface area contributed by atoms with Crippen LogP contribution in [0.4, 0.5) is 5.69 Å². The van der Waals surface area contributed by atoms with Crippen molar-refractivity contribution in [3.63, 3.8) is 0 Å². The zero-order chi connectivity index (χ0) is 20.7. The Hall–Kier alpha value is -2.91. The highest BCUT2D eigenvalue weighted by atomic mass is 32.2. The Balaban J connectivity index is 1.89. The second-order valence-corrected chi connectivity index (χ2v) is 7.97. The van der Waals surface area contributed by atoms with Crippen molar-refractivity contribution in [2.45, 2.75) is 31.2 Å². The van der Waals surface area contributed by atoms with E-state index in [1.54, 1.807) is 18.2 Å². The zero-order valence-electron chi connectivity index (χ0n) is 15.6. The lowest BCUT2D eigenvalue weighted by Crippen LogP contribution is -2.45. The van der Waals surface area contributed by atoms with Gasteiger partial charge in [0, 0.05) is 19.2 Å². The molecular weight excluding hydrogens is 382 g/mol. The van der Waals surface area contributed by atoms with E-state index in [1.165, 1.54) is 38.1 Å². The molecule has 2 amide bonds. The number of hydrogen-bond acceptors (Lipinski definition) is 5. The summed E-state index contributed by atoms with van der Waals surface area (Å²) in [5, 5.41) is 14.6. The normalized spacial score (nSPS) is 12.2. The van der Waals surface area contributed by atoms with E-state index in [0.717, 1.165) is 5.56 Å². The molecule has 0 heterocycles. The van der Waals surface area contributed by atoms with Crippen LogP contribution >= 0.6 is 0 Å². The van der Waals surface area contributed by atoms with Crippen LogP contribution in [0.25, 0.3) is 0 Å². The number of phenols is 1. The van der Waals surface area contributed by atoms with Gasteiger partial charge in [0.2, 0.25) is 21.8 Å². The molecule has 0 aliphatic carbocycles. The smallest absolute Gasteiger partial charge is 0.241 e. The fourth-order valence-electron chi connectivity index (χ4n) is 2.47. The molecule has 0 fully saturated rings. The third-order valence-electron chi connectivity index (χ3n) is 3.83. The highest BCUT2D eigenvalue weighted by Gasteiger charge is 2.21. The molecular formula is C19H23N3O5S. The number of aromatic hydroxyl groups is 1. The first-order valence-corrected chi connectivity index (χ1v) is 10.1. The van der Waals surface area contributed by atoms with Crippen molar-refractivity contribution in [3.05, 3.63) is 54.1 Å². The molecule has 0 aromatic heterocycles. The van der Waals surface area contributed by atoms with Gasteiger partial charge in [-0.05, 0) is 55.3 Å². The molecule has 2 aromatic rings. The third kappa shape index (κ3) is 6.36. The van der Waals surface area contributed by atoms with Gasteiger partial charge in [-0.1, -0.05) is 12.1 Å². The number of benzene rings is 2. The molecule has 2 rings (SSSR count). The SMILES string of the molecule is CC(=O)Nc1ccc(S(=O)(=O)N[C@@H](C)C(=O)NCCc2cccc(O)c2)cc1. The molecule has 0 unspecified atom stereocenters. The predicted octanol–water partition coefficient (Wildman–Crippen LogP) is 1.38. The van der Waals surface area contributed by atoms with Gasteiger partial charge in [0.1, 0.15) is 5.75 Å². The van der Waals surface area contributed by atoms with Crippen LogP contribution in [0.3, 0.4) is 0 Å². The van der Waals surface area contributed by atoms with Gasteiger partial charge < -0.3 is 15.7 Å². The fourth-order valence-corrected chi connectivity index (χ4v) is 3.67. The maximum Gasteiger partial charge on any atom is 0.241 e. The van der Waals surface area contributed by atoms with Crippen LogP contribution in [0.5, 0.6) is 5.75 Å². The lowest BCUT2D eigenvalue weighted by molar-refractivity contribution is -0.122. The van der Waals surface area contributed by atoms with Crippen LogP contribution in [0.1, 0.15) is 19.4 Å². The molecule has 0 aliphatic rings. The monoisotopic (exact) mass is 405 g/mol. The first kappa shape index (κ1) is 21.4. The molecule has 2 aromatic carbocycles. The molecule has 9 heteroatoms. The maximum absolute atomic E-state index is 12.4. The van der Waals surface area contributed by atoms with E-state index in [0.29, 0.717) is 18.7 Å². The number of hydrogen-bond donors (Lipinski definition) is 4. The van der Waals surface area contributed by atoms with Crippen LogP contribution < -0.4 is 15.4 Å². The van der Waals surface area contributed by atoms with E-state index in [4.69, 9.17) is 0 Å². The van der Waals surface area contributed by atoms with Gasteiger partial charge in [0.15, 0.2) is 0 Å². The van der Waals surface area contributed by atoms with Crippen molar-refractivity contribution in [3.8, 4) is 5.75 Å². The highest BCUT2D eigenvalue weighted by molar-refractivity contribution is 7.89. The molecule has 0 radical (unpaired) electrons. The third-order valence-corrected chi connectivity index (χ3v) is 5.39. The Bertz CT molecular complexity index is 942. The second-order valence-electron chi connectivity index (χ2n) is 6.26. The van der Waals surface area contributed by atoms with Crippen LogP contribution in [-0.4, -0.2) is 37.9 Å². The summed E-state index contributed by atoms with van der Waals surface area (Å²) in [7, 11) is -3.89. The molecule has 0 spiro atoms. The fraction of sp³-hybridized carbons (Fsp3) is 0.263. The average Bonchev–Trinajstić information content (AvgIpc) is 2.61. The number of phenolic OH excluding ortho intramolecular Hbond substituents is 1. The topological polar surface area (TPSA) is 125 Å². The van der Waals surface area contributed by atoms with E-state index >= 15 is 0 Å². The van der Waals surface area contributed by atoms with Crippen LogP contribution in [-0.2, 0) is 26.0 Å². The molecule has 150 valence electrons. The molecule has 8 nitrogen and oxygen atoms in total. The van der Waals surface area contributed by atoms with Crippen molar-refractivity contribution in [2.24, 2.45) is 0 Å². The Morgan fingerprint density at radius 2 is 1.79 bits per heavy atom. The molecule has 1 atom stereocenters. The van der Waals surface area contributed by atoms with Crippen LogP contribution in [0, 0.1) is 0 Å². The second kappa shape index (κ2) is 9.34. The Morgan fingerprint density at radius 1 is 1.11 bits per heavy atom. The van der Waals surface area contributed by atoms with Gasteiger partial charge in [-0.3, -0.25) is 9.59 Å². The summed E-state index contributed by atoms with van der Waals surface area (Å²) < 4.78 is 27.1. The van der Waals surface area contributed by atoms with Gasteiger partial charge >= 0.3 is 0 Å². The lowest BCUT2D eigenvalue weighted by atomic mass is 10.1. The Labute approximate surface area is 164 Å². The summed E-state index contributed by atoms with van der Waals surface area (Å²) in [5.74, 6) is -0.571. The van der Waals surface area contributed by atoms with E-state index in [-0.39, 0.29) is 16.6 Å². The number of carbonyl (C=O) groups is 2.